The van der Waals surface area contributed by atoms with Crippen LogP contribution in [-0.2, 0) is 4.74 Å². The molecule has 3 N–H and O–H groups in total. The second kappa shape index (κ2) is 6.58. The van der Waals surface area contributed by atoms with E-state index < -0.39 is 5.97 Å². The van der Waals surface area contributed by atoms with Crippen molar-refractivity contribution in [1.29, 1.82) is 0 Å². The van der Waals surface area contributed by atoms with Crippen LogP contribution in [0.5, 0.6) is 0 Å². The average molecular weight is 305 g/mol. The molecule has 0 unspecified atom stereocenters. The number of nitrogen functional groups attached to an aromatic ring is 1. The number of nitrogens with zero attached hydrogens (tertiary/aromatic N) is 1. The zero-order chi connectivity index (χ0) is 15.4. The minimum atomic E-state index is -0.395. The Balaban J connectivity index is 2.31. The van der Waals surface area contributed by atoms with Crippen molar-refractivity contribution in [3.8, 4) is 0 Å². The van der Waals surface area contributed by atoms with Crippen molar-refractivity contribution in [3.05, 3.63) is 34.8 Å². The second-order valence-electron chi connectivity index (χ2n) is 4.85. The van der Waals surface area contributed by atoms with Gasteiger partial charge in [0.05, 0.1) is 29.2 Å². The fraction of sp³-hybridized carbons (Fsp3) is 0.333. The third-order valence-electron chi connectivity index (χ3n) is 2.94. The van der Waals surface area contributed by atoms with Crippen LogP contribution in [0.4, 0.5) is 16.5 Å². The fourth-order valence-electron chi connectivity index (χ4n) is 1.80. The molecular weight excluding hydrogens is 286 g/mol. The summed E-state index contributed by atoms with van der Waals surface area (Å²) < 4.78 is 5.05. The van der Waals surface area contributed by atoms with Gasteiger partial charge in [-0.2, -0.15) is 0 Å². The van der Waals surface area contributed by atoms with Crippen LogP contribution in [0.25, 0.3) is 0 Å². The highest BCUT2D eigenvalue weighted by Crippen LogP contribution is 2.30. The standard InChI is InChI=1S/C15H19N3O2S/c1-4-20-14(19)10-6-5-7-11(16)13(10)18-15-17-12(8-21-15)9(2)3/h5-9H,4,16H2,1-3H3,(H,17,18). The summed E-state index contributed by atoms with van der Waals surface area (Å²) in [6.45, 7) is 6.26. The van der Waals surface area contributed by atoms with Gasteiger partial charge in [0, 0.05) is 5.38 Å². The number of aromatic nitrogens is 1. The van der Waals surface area contributed by atoms with Crippen LogP contribution in [0.1, 0.15) is 42.7 Å². The number of anilines is 3. The molecule has 0 aliphatic rings. The zero-order valence-electron chi connectivity index (χ0n) is 12.3. The normalized spacial score (nSPS) is 10.7. The zero-order valence-corrected chi connectivity index (χ0v) is 13.2. The van der Waals surface area contributed by atoms with Crippen LogP contribution in [0.3, 0.4) is 0 Å². The lowest BCUT2D eigenvalue weighted by molar-refractivity contribution is 0.0527. The van der Waals surface area contributed by atoms with Gasteiger partial charge in [-0.15, -0.1) is 11.3 Å². The molecular formula is C15H19N3O2S. The Morgan fingerprint density at radius 2 is 2.24 bits per heavy atom. The number of nitrogens with one attached hydrogen (secondary N) is 1. The van der Waals surface area contributed by atoms with Crippen LogP contribution < -0.4 is 11.1 Å². The lowest BCUT2D eigenvalue weighted by Gasteiger charge is -2.12. The summed E-state index contributed by atoms with van der Waals surface area (Å²) in [5.41, 5.74) is 8.43. The Kier molecular flexibility index (Phi) is 4.80. The minimum Gasteiger partial charge on any atom is -0.462 e. The van der Waals surface area contributed by atoms with E-state index in [9.17, 15) is 4.79 Å². The van der Waals surface area contributed by atoms with Crippen LogP contribution in [0.2, 0.25) is 0 Å². The van der Waals surface area contributed by atoms with Gasteiger partial charge in [-0.05, 0) is 25.0 Å². The number of ether oxygens (including phenoxy) is 1. The van der Waals surface area contributed by atoms with Gasteiger partial charge >= 0.3 is 5.97 Å². The molecule has 0 fully saturated rings. The van der Waals surface area contributed by atoms with E-state index in [-0.39, 0.29) is 0 Å². The van der Waals surface area contributed by atoms with Gasteiger partial charge in [-0.3, -0.25) is 0 Å². The van der Waals surface area contributed by atoms with Crippen molar-refractivity contribution in [2.24, 2.45) is 0 Å². The monoisotopic (exact) mass is 305 g/mol. The summed E-state index contributed by atoms with van der Waals surface area (Å²) in [4.78, 5) is 16.5. The van der Waals surface area contributed by atoms with Crippen molar-refractivity contribution in [2.45, 2.75) is 26.7 Å². The number of carbonyl (C=O) groups excluding carboxylic acids is 1. The van der Waals surface area contributed by atoms with Gasteiger partial charge in [-0.25, -0.2) is 9.78 Å². The summed E-state index contributed by atoms with van der Waals surface area (Å²) in [5.74, 6) is -0.0395. The first kappa shape index (κ1) is 15.3. The molecule has 6 heteroatoms. The van der Waals surface area contributed by atoms with E-state index in [1.165, 1.54) is 11.3 Å². The number of thiazole rings is 1. The summed E-state index contributed by atoms with van der Waals surface area (Å²) in [6, 6.07) is 5.16. The number of nitrogens with two attached hydrogens (primary N) is 1. The Labute approximate surface area is 128 Å². The van der Waals surface area contributed by atoms with E-state index in [4.69, 9.17) is 10.5 Å². The number of carbonyl (C=O) groups is 1. The highest BCUT2D eigenvalue weighted by Gasteiger charge is 2.16. The Morgan fingerprint density at radius 1 is 1.48 bits per heavy atom. The molecule has 0 aliphatic heterocycles. The van der Waals surface area contributed by atoms with E-state index >= 15 is 0 Å². The van der Waals surface area contributed by atoms with Crippen molar-refractivity contribution < 1.29 is 9.53 Å². The molecule has 1 aromatic carbocycles. The number of rotatable bonds is 5. The maximum atomic E-state index is 12.0. The lowest BCUT2D eigenvalue weighted by Crippen LogP contribution is -2.09. The average Bonchev–Trinajstić information content (AvgIpc) is 2.90. The van der Waals surface area contributed by atoms with Gasteiger partial charge < -0.3 is 15.8 Å². The number of esters is 1. The Hall–Kier alpha value is -2.08. The van der Waals surface area contributed by atoms with E-state index in [0.717, 1.165) is 5.69 Å². The third-order valence-corrected chi connectivity index (χ3v) is 3.71. The molecule has 112 valence electrons. The first-order valence-corrected chi connectivity index (χ1v) is 7.69. The van der Waals surface area contributed by atoms with Crippen molar-refractivity contribution in [2.75, 3.05) is 17.7 Å². The van der Waals surface area contributed by atoms with Crippen molar-refractivity contribution in [1.82, 2.24) is 4.98 Å². The number of benzene rings is 1. The quantitative estimate of drug-likeness (QED) is 0.649. The summed E-state index contributed by atoms with van der Waals surface area (Å²) >= 11 is 1.49. The summed E-state index contributed by atoms with van der Waals surface area (Å²) in [6.07, 6.45) is 0. The predicted molar refractivity (Wildman–Crippen MR) is 86.3 cm³/mol. The Morgan fingerprint density at radius 3 is 2.86 bits per heavy atom. The highest BCUT2D eigenvalue weighted by atomic mass is 32.1. The number of hydrogen-bond acceptors (Lipinski definition) is 6. The smallest absolute Gasteiger partial charge is 0.340 e. The molecule has 0 atom stereocenters. The summed E-state index contributed by atoms with van der Waals surface area (Å²) in [5, 5.41) is 5.84. The largest absolute Gasteiger partial charge is 0.462 e. The van der Waals surface area contributed by atoms with Gasteiger partial charge in [0.1, 0.15) is 0 Å². The molecule has 0 aliphatic carbocycles. The molecule has 1 heterocycles. The third kappa shape index (κ3) is 3.52. The van der Waals surface area contributed by atoms with Crippen molar-refractivity contribution in [3.63, 3.8) is 0 Å². The molecule has 0 amide bonds. The number of para-hydroxylation sites is 1. The van der Waals surface area contributed by atoms with Gasteiger partial charge in [0.25, 0.3) is 0 Å². The van der Waals surface area contributed by atoms with E-state index in [0.29, 0.717) is 34.6 Å². The molecule has 5 nitrogen and oxygen atoms in total. The topological polar surface area (TPSA) is 77.2 Å². The second-order valence-corrected chi connectivity index (χ2v) is 5.71. The first-order valence-electron chi connectivity index (χ1n) is 6.81. The van der Waals surface area contributed by atoms with Crippen molar-refractivity contribution >= 4 is 33.8 Å². The molecule has 0 saturated carbocycles. The molecule has 0 radical (unpaired) electrons. The number of hydrogen-bond donors (Lipinski definition) is 2. The van der Waals surface area contributed by atoms with Crippen LogP contribution in [-0.4, -0.2) is 17.6 Å². The maximum Gasteiger partial charge on any atom is 0.340 e. The first-order chi connectivity index (χ1) is 10.0. The molecule has 21 heavy (non-hydrogen) atoms. The fourth-order valence-corrected chi connectivity index (χ4v) is 2.68. The van der Waals surface area contributed by atoms with Gasteiger partial charge in [0.15, 0.2) is 5.13 Å². The molecule has 1 aromatic heterocycles. The molecule has 2 aromatic rings. The van der Waals surface area contributed by atoms with Crippen LogP contribution >= 0.6 is 11.3 Å². The minimum absolute atomic E-state index is 0.321. The van der Waals surface area contributed by atoms with E-state index in [1.54, 1.807) is 25.1 Å². The van der Waals surface area contributed by atoms with E-state index in [2.05, 4.69) is 24.1 Å². The molecule has 2 rings (SSSR count). The van der Waals surface area contributed by atoms with Gasteiger partial charge in [0.2, 0.25) is 0 Å². The van der Waals surface area contributed by atoms with Crippen LogP contribution in [0, 0.1) is 0 Å². The lowest BCUT2D eigenvalue weighted by atomic mass is 10.1. The Bertz CT molecular complexity index is 638. The maximum absolute atomic E-state index is 12.0. The molecule has 0 spiro atoms. The van der Waals surface area contributed by atoms with E-state index in [1.807, 2.05) is 5.38 Å². The SMILES string of the molecule is CCOC(=O)c1cccc(N)c1Nc1nc(C(C)C)cs1. The highest BCUT2D eigenvalue weighted by molar-refractivity contribution is 7.13. The van der Waals surface area contributed by atoms with Gasteiger partial charge in [-0.1, -0.05) is 19.9 Å². The molecule has 0 bridgehead atoms. The molecule has 0 saturated heterocycles. The predicted octanol–water partition coefficient (Wildman–Crippen LogP) is 3.77. The van der Waals surface area contributed by atoms with Crippen LogP contribution in [0.15, 0.2) is 23.6 Å². The summed E-state index contributed by atoms with van der Waals surface area (Å²) in [7, 11) is 0.